The van der Waals surface area contributed by atoms with E-state index in [2.05, 4.69) is 18.3 Å². The van der Waals surface area contributed by atoms with Gasteiger partial charge >= 0.3 is 0 Å². The molecule has 0 heterocycles. The molecule has 1 aromatic carbocycles. The third kappa shape index (κ3) is 4.90. The second-order valence-electron chi connectivity index (χ2n) is 3.54. The Kier molecular flexibility index (Phi) is 7.10. The number of hydrogen-bond donors (Lipinski definition) is 1. The number of hydrogen-bond acceptors (Lipinski definition) is 3. The van der Waals surface area contributed by atoms with E-state index in [1.807, 2.05) is 37.0 Å². The summed E-state index contributed by atoms with van der Waals surface area (Å²) in [6.07, 6.45) is 1.12. The van der Waals surface area contributed by atoms with Gasteiger partial charge in [0.1, 0.15) is 5.75 Å². The summed E-state index contributed by atoms with van der Waals surface area (Å²) >= 11 is 1.97. The standard InChI is InChI=1S/C13H21NOS/c1-3-16-10-6-9-15-13-8-5-4-7-12(13)11-14-2/h4-5,7-8,14H,3,6,9-11H2,1-2H3. The van der Waals surface area contributed by atoms with Gasteiger partial charge in [0.25, 0.3) is 0 Å². The molecule has 0 spiro atoms. The van der Waals surface area contributed by atoms with E-state index in [0.717, 1.165) is 25.3 Å². The average molecular weight is 239 g/mol. The number of nitrogens with one attached hydrogen (secondary N) is 1. The first-order valence-electron chi connectivity index (χ1n) is 5.81. The lowest BCUT2D eigenvalue weighted by Gasteiger charge is -2.10. The van der Waals surface area contributed by atoms with Crippen molar-refractivity contribution in [2.75, 3.05) is 25.2 Å². The second-order valence-corrected chi connectivity index (χ2v) is 4.93. The minimum Gasteiger partial charge on any atom is -0.493 e. The van der Waals surface area contributed by atoms with E-state index in [1.165, 1.54) is 17.1 Å². The molecule has 3 heteroatoms. The van der Waals surface area contributed by atoms with Crippen LogP contribution in [0, 0.1) is 0 Å². The molecule has 2 nitrogen and oxygen atoms in total. The Morgan fingerprint density at radius 2 is 2.12 bits per heavy atom. The van der Waals surface area contributed by atoms with E-state index in [9.17, 15) is 0 Å². The first-order chi connectivity index (χ1) is 7.88. The maximum Gasteiger partial charge on any atom is 0.123 e. The second kappa shape index (κ2) is 8.48. The van der Waals surface area contributed by atoms with Gasteiger partial charge in [0.2, 0.25) is 0 Å². The molecule has 16 heavy (non-hydrogen) atoms. The fourth-order valence-corrected chi connectivity index (χ4v) is 2.08. The molecule has 0 aliphatic carbocycles. The van der Waals surface area contributed by atoms with Crippen LogP contribution in [0.5, 0.6) is 5.75 Å². The minimum atomic E-state index is 0.813. The van der Waals surface area contributed by atoms with Gasteiger partial charge in [-0.2, -0.15) is 11.8 Å². The van der Waals surface area contributed by atoms with Crippen molar-refractivity contribution in [2.24, 2.45) is 0 Å². The average Bonchev–Trinajstić information content (AvgIpc) is 2.31. The molecule has 0 amide bonds. The van der Waals surface area contributed by atoms with E-state index in [0.29, 0.717) is 0 Å². The maximum atomic E-state index is 5.78. The number of para-hydroxylation sites is 1. The molecule has 1 N–H and O–H groups in total. The molecular weight excluding hydrogens is 218 g/mol. The van der Waals surface area contributed by atoms with E-state index in [1.54, 1.807) is 0 Å². The van der Waals surface area contributed by atoms with E-state index >= 15 is 0 Å². The molecule has 0 fully saturated rings. The molecule has 0 aliphatic heterocycles. The van der Waals surface area contributed by atoms with E-state index in [-0.39, 0.29) is 0 Å². The Balaban J connectivity index is 2.34. The van der Waals surface area contributed by atoms with Gasteiger partial charge in [-0.25, -0.2) is 0 Å². The number of ether oxygens (including phenoxy) is 1. The highest BCUT2D eigenvalue weighted by atomic mass is 32.2. The molecule has 1 aromatic rings. The summed E-state index contributed by atoms with van der Waals surface area (Å²) in [4.78, 5) is 0. The van der Waals surface area contributed by atoms with Crippen LogP contribution in [0.4, 0.5) is 0 Å². The van der Waals surface area contributed by atoms with Crippen LogP contribution >= 0.6 is 11.8 Å². The molecule has 0 aromatic heterocycles. The summed E-state index contributed by atoms with van der Waals surface area (Å²) in [5.41, 5.74) is 1.23. The molecular formula is C13H21NOS. The van der Waals surface area contributed by atoms with Gasteiger partial charge in [0.05, 0.1) is 6.61 Å². The maximum absolute atomic E-state index is 5.78. The van der Waals surface area contributed by atoms with E-state index < -0.39 is 0 Å². The zero-order valence-corrected chi connectivity index (χ0v) is 11.0. The van der Waals surface area contributed by atoms with Gasteiger partial charge < -0.3 is 10.1 Å². The predicted molar refractivity (Wildman–Crippen MR) is 72.3 cm³/mol. The smallest absolute Gasteiger partial charge is 0.123 e. The van der Waals surface area contributed by atoms with Crippen molar-refractivity contribution in [2.45, 2.75) is 19.9 Å². The molecule has 0 aliphatic rings. The van der Waals surface area contributed by atoms with Crippen molar-refractivity contribution in [1.82, 2.24) is 5.32 Å². The monoisotopic (exact) mass is 239 g/mol. The van der Waals surface area contributed by atoms with Crippen molar-refractivity contribution in [3.05, 3.63) is 29.8 Å². The third-order valence-corrected chi connectivity index (χ3v) is 3.22. The van der Waals surface area contributed by atoms with Crippen LogP contribution in [0.1, 0.15) is 18.9 Å². The van der Waals surface area contributed by atoms with Gasteiger partial charge in [-0.15, -0.1) is 0 Å². The van der Waals surface area contributed by atoms with Gasteiger partial charge in [0, 0.05) is 12.1 Å². The zero-order chi connectivity index (χ0) is 11.6. The molecule has 0 saturated carbocycles. The van der Waals surface area contributed by atoms with Crippen LogP contribution in [0.2, 0.25) is 0 Å². The SMILES string of the molecule is CCSCCCOc1ccccc1CNC. The van der Waals surface area contributed by atoms with Crippen LogP contribution in [0.25, 0.3) is 0 Å². The Morgan fingerprint density at radius 3 is 2.88 bits per heavy atom. The highest BCUT2D eigenvalue weighted by Gasteiger charge is 2.00. The van der Waals surface area contributed by atoms with Gasteiger partial charge in [0.15, 0.2) is 0 Å². The Hall–Kier alpha value is -0.670. The first-order valence-corrected chi connectivity index (χ1v) is 6.97. The van der Waals surface area contributed by atoms with Crippen LogP contribution in [0.15, 0.2) is 24.3 Å². The third-order valence-electron chi connectivity index (χ3n) is 2.23. The fourth-order valence-electron chi connectivity index (χ4n) is 1.47. The van der Waals surface area contributed by atoms with Crippen LogP contribution in [-0.4, -0.2) is 25.2 Å². The largest absolute Gasteiger partial charge is 0.493 e. The summed E-state index contributed by atoms with van der Waals surface area (Å²) in [6, 6.07) is 8.22. The van der Waals surface area contributed by atoms with Gasteiger partial charge in [-0.05, 0) is 31.0 Å². The minimum absolute atomic E-state index is 0.813. The summed E-state index contributed by atoms with van der Waals surface area (Å²) in [6.45, 7) is 3.86. The Bertz CT molecular complexity index is 291. The number of benzene rings is 1. The van der Waals surface area contributed by atoms with Crippen LogP contribution < -0.4 is 10.1 Å². The lowest BCUT2D eigenvalue weighted by molar-refractivity contribution is 0.315. The Morgan fingerprint density at radius 1 is 1.31 bits per heavy atom. The summed E-state index contributed by atoms with van der Waals surface area (Å²) in [5.74, 6) is 3.39. The van der Waals surface area contributed by atoms with E-state index in [4.69, 9.17) is 4.74 Å². The normalized spacial score (nSPS) is 10.4. The highest BCUT2D eigenvalue weighted by Crippen LogP contribution is 2.17. The van der Waals surface area contributed by atoms with Gasteiger partial charge in [-0.1, -0.05) is 25.1 Å². The first kappa shape index (κ1) is 13.4. The topological polar surface area (TPSA) is 21.3 Å². The molecule has 0 radical (unpaired) electrons. The summed E-state index contributed by atoms with van der Waals surface area (Å²) < 4.78 is 5.78. The van der Waals surface area contributed by atoms with Crippen molar-refractivity contribution in [1.29, 1.82) is 0 Å². The van der Waals surface area contributed by atoms with Crippen molar-refractivity contribution in [3.63, 3.8) is 0 Å². The summed E-state index contributed by atoms with van der Waals surface area (Å²) in [7, 11) is 1.95. The zero-order valence-electron chi connectivity index (χ0n) is 10.2. The van der Waals surface area contributed by atoms with Gasteiger partial charge in [-0.3, -0.25) is 0 Å². The van der Waals surface area contributed by atoms with Crippen LogP contribution in [-0.2, 0) is 6.54 Å². The molecule has 0 saturated heterocycles. The quantitative estimate of drug-likeness (QED) is 0.705. The lowest BCUT2D eigenvalue weighted by Crippen LogP contribution is -2.08. The molecule has 1 rings (SSSR count). The molecule has 0 unspecified atom stereocenters. The van der Waals surface area contributed by atoms with Crippen molar-refractivity contribution < 1.29 is 4.74 Å². The van der Waals surface area contributed by atoms with Crippen molar-refractivity contribution >= 4 is 11.8 Å². The predicted octanol–water partition coefficient (Wildman–Crippen LogP) is 2.93. The van der Waals surface area contributed by atoms with Crippen LogP contribution in [0.3, 0.4) is 0 Å². The lowest BCUT2D eigenvalue weighted by atomic mass is 10.2. The number of rotatable bonds is 8. The fraction of sp³-hybridized carbons (Fsp3) is 0.538. The van der Waals surface area contributed by atoms with Crippen molar-refractivity contribution in [3.8, 4) is 5.75 Å². The summed E-state index contributed by atoms with van der Waals surface area (Å²) in [5, 5.41) is 3.15. The molecule has 0 bridgehead atoms. The Labute approximate surface area is 103 Å². The highest BCUT2D eigenvalue weighted by molar-refractivity contribution is 7.99. The number of thioether (sulfide) groups is 1. The molecule has 90 valence electrons. The molecule has 0 atom stereocenters.